The molecule has 0 unspecified atom stereocenters. The topological polar surface area (TPSA) is 3.24 Å². The van der Waals surface area contributed by atoms with Crippen molar-refractivity contribution in [2.45, 2.75) is 58.5 Å². The molecule has 1 saturated heterocycles. The van der Waals surface area contributed by atoms with Gasteiger partial charge in [-0.3, -0.25) is 4.90 Å². The number of likely N-dealkylation sites (tertiary alicyclic amines) is 1. The van der Waals surface area contributed by atoms with Crippen molar-refractivity contribution < 1.29 is 13.2 Å². The van der Waals surface area contributed by atoms with E-state index in [1.54, 1.807) is 6.07 Å². The molecule has 0 spiro atoms. The van der Waals surface area contributed by atoms with E-state index in [1.165, 1.54) is 24.8 Å². The van der Waals surface area contributed by atoms with Crippen LogP contribution in [0.3, 0.4) is 0 Å². The lowest BCUT2D eigenvalue weighted by Gasteiger charge is -2.36. The first-order valence-electron chi connectivity index (χ1n) is 9.46. The van der Waals surface area contributed by atoms with E-state index in [9.17, 15) is 13.2 Å². The van der Waals surface area contributed by atoms with E-state index in [1.807, 2.05) is 0 Å². The maximum Gasteiger partial charge on any atom is 0.416 e. The third-order valence-electron chi connectivity index (χ3n) is 5.67. The number of rotatable bonds is 3. The Bertz CT molecular complexity index is 685. The molecule has 0 radical (unpaired) electrons. The molecule has 0 saturated carbocycles. The molecular weight excluding hydrogens is 359 g/mol. The minimum absolute atomic E-state index is 0.146. The van der Waals surface area contributed by atoms with Crippen molar-refractivity contribution in [2.24, 2.45) is 5.41 Å². The van der Waals surface area contributed by atoms with Gasteiger partial charge >= 0.3 is 6.18 Å². The van der Waals surface area contributed by atoms with Crippen molar-refractivity contribution in [1.82, 2.24) is 4.90 Å². The van der Waals surface area contributed by atoms with Crippen LogP contribution >= 0.6 is 11.6 Å². The molecule has 1 aliphatic carbocycles. The van der Waals surface area contributed by atoms with Crippen LogP contribution < -0.4 is 0 Å². The SMILES string of the molecule is CC1(C)CCC(CN2CCCCC2)=C(c2ccc(C(F)(F)F)cc2Cl)C1. The van der Waals surface area contributed by atoms with E-state index in [0.717, 1.165) is 62.2 Å². The third-order valence-corrected chi connectivity index (χ3v) is 5.98. The van der Waals surface area contributed by atoms with Gasteiger partial charge in [0, 0.05) is 11.6 Å². The van der Waals surface area contributed by atoms with Crippen LogP contribution in [0, 0.1) is 5.41 Å². The number of piperidine rings is 1. The van der Waals surface area contributed by atoms with Crippen LogP contribution in [0.25, 0.3) is 5.57 Å². The largest absolute Gasteiger partial charge is 0.416 e. The second-order valence-corrected chi connectivity index (χ2v) is 8.86. The number of benzene rings is 1. The minimum Gasteiger partial charge on any atom is -0.299 e. The van der Waals surface area contributed by atoms with E-state index < -0.39 is 11.7 Å². The van der Waals surface area contributed by atoms with Crippen molar-refractivity contribution in [1.29, 1.82) is 0 Å². The Labute approximate surface area is 159 Å². The zero-order chi connectivity index (χ0) is 18.9. The van der Waals surface area contributed by atoms with Gasteiger partial charge in [0.2, 0.25) is 0 Å². The van der Waals surface area contributed by atoms with Gasteiger partial charge in [-0.15, -0.1) is 0 Å². The van der Waals surface area contributed by atoms with Gasteiger partial charge in [-0.25, -0.2) is 0 Å². The summed E-state index contributed by atoms with van der Waals surface area (Å²) in [7, 11) is 0. The fraction of sp³-hybridized carbons (Fsp3) is 0.619. The zero-order valence-electron chi connectivity index (χ0n) is 15.6. The van der Waals surface area contributed by atoms with Crippen LogP contribution in [0.15, 0.2) is 23.8 Å². The van der Waals surface area contributed by atoms with E-state index in [0.29, 0.717) is 0 Å². The molecule has 1 aromatic rings. The van der Waals surface area contributed by atoms with Gasteiger partial charge < -0.3 is 0 Å². The first kappa shape index (κ1) is 19.8. The summed E-state index contributed by atoms with van der Waals surface area (Å²) in [6, 6.07) is 3.80. The first-order chi connectivity index (χ1) is 12.2. The lowest BCUT2D eigenvalue weighted by Crippen LogP contribution is -2.33. The molecule has 0 aromatic heterocycles. The lowest BCUT2D eigenvalue weighted by atomic mass is 9.72. The van der Waals surface area contributed by atoms with Crippen LogP contribution in [0.1, 0.15) is 63.5 Å². The summed E-state index contributed by atoms with van der Waals surface area (Å²) < 4.78 is 38.9. The van der Waals surface area contributed by atoms with Crippen molar-refractivity contribution >= 4 is 17.2 Å². The third kappa shape index (κ3) is 4.64. The highest BCUT2D eigenvalue weighted by Gasteiger charge is 2.33. The fourth-order valence-electron chi connectivity index (χ4n) is 4.12. The van der Waals surface area contributed by atoms with Gasteiger partial charge in [-0.2, -0.15) is 13.2 Å². The average Bonchev–Trinajstić information content (AvgIpc) is 2.56. The Balaban J connectivity index is 1.95. The quantitative estimate of drug-likeness (QED) is 0.552. The number of allylic oxidation sites excluding steroid dienone is 1. The minimum atomic E-state index is -4.36. The van der Waals surface area contributed by atoms with E-state index in [-0.39, 0.29) is 10.4 Å². The summed E-state index contributed by atoms with van der Waals surface area (Å²) in [5.74, 6) is 0. The number of hydrogen-bond donors (Lipinski definition) is 0. The second kappa shape index (κ2) is 7.55. The van der Waals surface area contributed by atoms with Crippen LogP contribution in [0.4, 0.5) is 13.2 Å². The summed E-state index contributed by atoms with van der Waals surface area (Å²) in [4.78, 5) is 2.48. The molecule has 1 nitrogen and oxygen atoms in total. The fourth-order valence-corrected chi connectivity index (χ4v) is 4.41. The Kier molecular flexibility index (Phi) is 5.74. The smallest absolute Gasteiger partial charge is 0.299 e. The highest BCUT2D eigenvalue weighted by molar-refractivity contribution is 6.32. The van der Waals surface area contributed by atoms with Gasteiger partial charge in [-0.05, 0) is 73.9 Å². The molecule has 1 aromatic carbocycles. The van der Waals surface area contributed by atoms with Crippen molar-refractivity contribution in [3.8, 4) is 0 Å². The molecule has 0 atom stereocenters. The zero-order valence-corrected chi connectivity index (χ0v) is 16.3. The standard InChI is InChI=1S/C21H27ClF3N/c1-20(2)9-8-15(14-26-10-4-3-5-11-26)18(13-20)17-7-6-16(12-19(17)22)21(23,24)25/h6-7,12H,3-5,8-11,13-14H2,1-2H3. The number of nitrogens with zero attached hydrogens (tertiary/aromatic N) is 1. The normalized spacial score (nSPS) is 21.9. The Morgan fingerprint density at radius 2 is 1.81 bits per heavy atom. The van der Waals surface area contributed by atoms with Crippen LogP contribution in [-0.4, -0.2) is 24.5 Å². The van der Waals surface area contributed by atoms with Crippen molar-refractivity contribution in [3.05, 3.63) is 39.9 Å². The summed E-state index contributed by atoms with van der Waals surface area (Å²) in [6.45, 7) is 7.59. The maximum atomic E-state index is 13.0. The highest BCUT2D eigenvalue weighted by atomic mass is 35.5. The second-order valence-electron chi connectivity index (χ2n) is 8.45. The van der Waals surface area contributed by atoms with E-state index in [2.05, 4.69) is 18.7 Å². The van der Waals surface area contributed by atoms with Gasteiger partial charge in [0.1, 0.15) is 0 Å². The number of hydrogen-bond acceptors (Lipinski definition) is 1. The van der Waals surface area contributed by atoms with E-state index >= 15 is 0 Å². The molecule has 0 N–H and O–H groups in total. The van der Waals surface area contributed by atoms with Crippen LogP contribution in [0.2, 0.25) is 5.02 Å². The molecule has 144 valence electrons. The number of alkyl halides is 3. The molecule has 1 aliphatic heterocycles. The summed E-state index contributed by atoms with van der Waals surface area (Å²) >= 11 is 6.32. The molecule has 2 aliphatic rings. The van der Waals surface area contributed by atoms with Gasteiger partial charge in [-0.1, -0.05) is 43.5 Å². The predicted octanol–water partition coefficient (Wildman–Crippen LogP) is 6.81. The summed E-state index contributed by atoms with van der Waals surface area (Å²) in [5.41, 5.74) is 2.75. The van der Waals surface area contributed by atoms with Crippen molar-refractivity contribution in [2.75, 3.05) is 19.6 Å². The molecule has 5 heteroatoms. The molecule has 0 amide bonds. The predicted molar refractivity (Wildman–Crippen MR) is 101 cm³/mol. The number of halogens is 4. The monoisotopic (exact) mass is 385 g/mol. The molecule has 26 heavy (non-hydrogen) atoms. The van der Waals surface area contributed by atoms with Gasteiger partial charge in [0.25, 0.3) is 0 Å². The lowest BCUT2D eigenvalue weighted by molar-refractivity contribution is -0.137. The van der Waals surface area contributed by atoms with Crippen LogP contribution in [0.5, 0.6) is 0 Å². The molecule has 1 heterocycles. The first-order valence-corrected chi connectivity index (χ1v) is 9.84. The molecular formula is C21H27ClF3N. The highest BCUT2D eigenvalue weighted by Crippen LogP contribution is 2.45. The molecule has 3 rings (SSSR count). The Morgan fingerprint density at radius 1 is 1.12 bits per heavy atom. The van der Waals surface area contributed by atoms with E-state index in [4.69, 9.17) is 11.6 Å². The summed E-state index contributed by atoms with van der Waals surface area (Å²) in [5, 5.41) is 0.212. The molecule has 0 bridgehead atoms. The average molecular weight is 386 g/mol. The van der Waals surface area contributed by atoms with Crippen LogP contribution in [-0.2, 0) is 6.18 Å². The Hall–Kier alpha value is -1.00. The van der Waals surface area contributed by atoms with Crippen molar-refractivity contribution in [3.63, 3.8) is 0 Å². The Morgan fingerprint density at radius 3 is 2.42 bits per heavy atom. The summed E-state index contributed by atoms with van der Waals surface area (Å²) in [6.07, 6.45) is 2.36. The maximum absolute atomic E-state index is 13.0. The van der Waals surface area contributed by atoms with Gasteiger partial charge in [0.15, 0.2) is 0 Å². The van der Waals surface area contributed by atoms with Gasteiger partial charge in [0.05, 0.1) is 5.56 Å². The molecule has 1 fully saturated rings.